The maximum Gasteiger partial charge on any atom is 0.271 e. The van der Waals surface area contributed by atoms with E-state index in [1.807, 2.05) is 55.5 Å². The molecule has 0 aliphatic rings. The van der Waals surface area contributed by atoms with Crippen LogP contribution in [0.25, 0.3) is 0 Å². The maximum atomic E-state index is 12.0. The van der Waals surface area contributed by atoms with Gasteiger partial charge in [0.2, 0.25) is 0 Å². The standard InChI is InChI=1S/C22H19N3O4/c1-16-2-4-18(5-3-16)15-29-21-12-6-17(7-13-21)14-23-24-22(26)19-8-10-20(11-9-19)25(27)28/h2-14H,15H2,1H3,(H,24,26)/b23-14-. The Kier molecular flexibility index (Phi) is 6.32. The number of nitro groups is 1. The molecule has 3 aromatic carbocycles. The Labute approximate surface area is 167 Å². The van der Waals surface area contributed by atoms with E-state index in [0.717, 1.165) is 16.9 Å². The molecule has 0 unspecified atom stereocenters. The number of nitrogens with one attached hydrogen (secondary N) is 1. The Bertz CT molecular complexity index is 1010. The highest BCUT2D eigenvalue weighted by Crippen LogP contribution is 2.14. The molecule has 0 aromatic heterocycles. The van der Waals surface area contributed by atoms with Crippen LogP contribution in [0, 0.1) is 17.0 Å². The monoisotopic (exact) mass is 389 g/mol. The van der Waals surface area contributed by atoms with Gasteiger partial charge in [-0.3, -0.25) is 14.9 Å². The number of hydrogen-bond acceptors (Lipinski definition) is 5. The van der Waals surface area contributed by atoms with Gasteiger partial charge in [0.15, 0.2) is 0 Å². The fourth-order valence-corrected chi connectivity index (χ4v) is 2.47. The van der Waals surface area contributed by atoms with Crippen molar-refractivity contribution in [3.63, 3.8) is 0 Å². The minimum atomic E-state index is -0.520. The zero-order valence-corrected chi connectivity index (χ0v) is 15.7. The van der Waals surface area contributed by atoms with Gasteiger partial charge in [0.1, 0.15) is 12.4 Å². The van der Waals surface area contributed by atoms with Gasteiger partial charge < -0.3 is 4.74 Å². The Morgan fingerprint density at radius 3 is 2.31 bits per heavy atom. The highest BCUT2D eigenvalue weighted by molar-refractivity contribution is 5.95. The average Bonchev–Trinajstić information content (AvgIpc) is 2.74. The molecule has 146 valence electrons. The lowest BCUT2D eigenvalue weighted by Gasteiger charge is -2.06. The second-order valence-corrected chi connectivity index (χ2v) is 6.35. The van der Waals surface area contributed by atoms with Gasteiger partial charge in [0.25, 0.3) is 11.6 Å². The number of carbonyl (C=O) groups is 1. The quantitative estimate of drug-likeness (QED) is 0.371. The van der Waals surface area contributed by atoms with Gasteiger partial charge in [-0.1, -0.05) is 29.8 Å². The van der Waals surface area contributed by atoms with Crippen molar-refractivity contribution in [1.29, 1.82) is 0 Å². The SMILES string of the molecule is Cc1ccc(COc2ccc(/C=N\NC(=O)c3ccc([N+](=O)[O-])cc3)cc2)cc1. The van der Waals surface area contributed by atoms with E-state index in [0.29, 0.717) is 6.61 Å². The summed E-state index contributed by atoms with van der Waals surface area (Å²) in [5, 5.41) is 14.5. The number of non-ortho nitro benzene ring substituents is 1. The topological polar surface area (TPSA) is 93.8 Å². The van der Waals surface area contributed by atoms with Crippen LogP contribution >= 0.6 is 0 Å². The van der Waals surface area contributed by atoms with Crippen LogP contribution < -0.4 is 10.2 Å². The van der Waals surface area contributed by atoms with E-state index >= 15 is 0 Å². The molecular formula is C22H19N3O4. The number of rotatable bonds is 7. The fourth-order valence-electron chi connectivity index (χ4n) is 2.47. The molecule has 0 saturated carbocycles. The zero-order valence-electron chi connectivity index (χ0n) is 15.7. The first-order chi connectivity index (χ1) is 14.0. The first-order valence-electron chi connectivity index (χ1n) is 8.87. The minimum Gasteiger partial charge on any atom is -0.489 e. The van der Waals surface area contributed by atoms with Crippen molar-refractivity contribution in [3.05, 3.63) is 105 Å². The lowest BCUT2D eigenvalue weighted by molar-refractivity contribution is -0.384. The van der Waals surface area contributed by atoms with E-state index in [1.54, 1.807) is 0 Å². The highest BCUT2D eigenvalue weighted by Gasteiger charge is 2.08. The maximum absolute atomic E-state index is 12.0. The molecule has 0 saturated heterocycles. The predicted octanol–water partition coefficient (Wildman–Crippen LogP) is 4.25. The number of amides is 1. The third kappa shape index (κ3) is 5.74. The van der Waals surface area contributed by atoms with E-state index < -0.39 is 10.8 Å². The fraction of sp³-hybridized carbons (Fsp3) is 0.0909. The lowest BCUT2D eigenvalue weighted by atomic mass is 10.2. The molecular weight excluding hydrogens is 370 g/mol. The number of nitrogens with zero attached hydrogens (tertiary/aromatic N) is 2. The van der Waals surface area contributed by atoms with Crippen molar-refractivity contribution in [1.82, 2.24) is 5.43 Å². The second-order valence-electron chi connectivity index (χ2n) is 6.35. The van der Waals surface area contributed by atoms with E-state index in [4.69, 9.17) is 4.74 Å². The summed E-state index contributed by atoms with van der Waals surface area (Å²) in [6.07, 6.45) is 1.51. The number of benzene rings is 3. The number of nitro benzene ring substituents is 1. The number of aryl methyl sites for hydroxylation is 1. The summed E-state index contributed by atoms with van der Waals surface area (Å²) in [4.78, 5) is 22.1. The van der Waals surface area contributed by atoms with Crippen LogP contribution in [-0.2, 0) is 6.61 Å². The van der Waals surface area contributed by atoms with Crippen LogP contribution in [0.15, 0.2) is 77.9 Å². The Balaban J connectivity index is 1.50. The Hall–Kier alpha value is -4.00. The zero-order chi connectivity index (χ0) is 20.6. The third-order valence-corrected chi connectivity index (χ3v) is 4.13. The Morgan fingerprint density at radius 1 is 1.03 bits per heavy atom. The van der Waals surface area contributed by atoms with Crippen LogP contribution in [-0.4, -0.2) is 17.0 Å². The van der Waals surface area contributed by atoms with Crippen LogP contribution in [0.2, 0.25) is 0 Å². The first-order valence-corrected chi connectivity index (χ1v) is 8.87. The lowest BCUT2D eigenvalue weighted by Crippen LogP contribution is -2.17. The number of hydrogen-bond donors (Lipinski definition) is 1. The van der Waals surface area contributed by atoms with E-state index in [2.05, 4.69) is 10.5 Å². The summed E-state index contributed by atoms with van der Waals surface area (Å²) in [5.74, 6) is 0.284. The van der Waals surface area contributed by atoms with Crippen LogP contribution in [0.4, 0.5) is 5.69 Å². The first kappa shape index (κ1) is 19.8. The van der Waals surface area contributed by atoms with Crippen molar-refractivity contribution in [2.24, 2.45) is 5.10 Å². The molecule has 0 aliphatic carbocycles. The normalized spacial score (nSPS) is 10.7. The molecule has 3 rings (SSSR count). The van der Waals surface area contributed by atoms with Gasteiger partial charge in [0, 0.05) is 17.7 Å². The number of hydrazone groups is 1. The smallest absolute Gasteiger partial charge is 0.271 e. The largest absolute Gasteiger partial charge is 0.489 e. The summed E-state index contributed by atoms with van der Waals surface area (Å²) in [7, 11) is 0. The van der Waals surface area contributed by atoms with Gasteiger partial charge in [-0.15, -0.1) is 0 Å². The molecule has 3 aromatic rings. The Morgan fingerprint density at radius 2 is 1.69 bits per heavy atom. The van der Waals surface area contributed by atoms with Crippen molar-refractivity contribution >= 4 is 17.8 Å². The van der Waals surface area contributed by atoms with Crippen LogP contribution in [0.1, 0.15) is 27.0 Å². The minimum absolute atomic E-state index is 0.0743. The molecule has 0 spiro atoms. The molecule has 0 fully saturated rings. The van der Waals surface area contributed by atoms with Crippen molar-refractivity contribution in [3.8, 4) is 5.75 Å². The molecule has 0 atom stereocenters. The van der Waals surface area contributed by atoms with Crippen molar-refractivity contribution in [2.45, 2.75) is 13.5 Å². The predicted molar refractivity (Wildman–Crippen MR) is 110 cm³/mol. The molecule has 29 heavy (non-hydrogen) atoms. The molecule has 7 heteroatoms. The highest BCUT2D eigenvalue weighted by atomic mass is 16.6. The molecule has 1 N–H and O–H groups in total. The van der Waals surface area contributed by atoms with E-state index in [9.17, 15) is 14.9 Å². The van der Waals surface area contributed by atoms with Gasteiger partial charge in [0.05, 0.1) is 11.1 Å². The summed E-state index contributed by atoms with van der Waals surface area (Å²) in [6, 6.07) is 20.8. The van der Waals surface area contributed by atoms with Crippen LogP contribution in [0.3, 0.4) is 0 Å². The van der Waals surface area contributed by atoms with E-state index in [1.165, 1.54) is 36.0 Å². The summed E-state index contributed by atoms with van der Waals surface area (Å²) < 4.78 is 5.75. The van der Waals surface area contributed by atoms with Gasteiger partial charge in [-0.05, 0) is 54.4 Å². The van der Waals surface area contributed by atoms with Crippen molar-refractivity contribution < 1.29 is 14.5 Å². The molecule has 0 heterocycles. The second kappa shape index (κ2) is 9.27. The molecule has 0 radical (unpaired) electrons. The summed E-state index contributed by atoms with van der Waals surface area (Å²) in [6.45, 7) is 2.53. The third-order valence-electron chi connectivity index (χ3n) is 4.13. The average molecular weight is 389 g/mol. The molecule has 1 amide bonds. The molecule has 0 aliphatic heterocycles. The van der Waals surface area contributed by atoms with Gasteiger partial charge in [-0.2, -0.15) is 5.10 Å². The van der Waals surface area contributed by atoms with Gasteiger partial charge in [-0.25, -0.2) is 5.43 Å². The van der Waals surface area contributed by atoms with Crippen LogP contribution in [0.5, 0.6) is 5.75 Å². The molecule has 7 nitrogen and oxygen atoms in total. The van der Waals surface area contributed by atoms with E-state index in [-0.39, 0.29) is 11.3 Å². The summed E-state index contributed by atoms with van der Waals surface area (Å²) in [5.41, 5.74) is 5.69. The molecule has 0 bridgehead atoms. The summed E-state index contributed by atoms with van der Waals surface area (Å²) >= 11 is 0. The van der Waals surface area contributed by atoms with Crippen molar-refractivity contribution in [2.75, 3.05) is 0 Å². The number of ether oxygens (including phenoxy) is 1. The van der Waals surface area contributed by atoms with Gasteiger partial charge >= 0.3 is 0 Å². The number of carbonyl (C=O) groups excluding carboxylic acids is 1.